The quantitative estimate of drug-likeness (QED) is 0.488. The lowest BCUT2D eigenvalue weighted by Crippen LogP contribution is -2.07. The molecule has 0 saturated carbocycles. The van der Waals surface area contributed by atoms with E-state index >= 15 is 0 Å². The fourth-order valence-corrected chi connectivity index (χ4v) is 1.88. The average molecular weight is 201 g/mol. The minimum absolute atomic E-state index is 0.0550. The molecule has 0 bridgehead atoms. The molecule has 0 radical (unpaired) electrons. The number of hydrogen-bond donors (Lipinski definition) is 0. The lowest BCUT2D eigenvalue weighted by Gasteiger charge is -2.00. The van der Waals surface area contributed by atoms with Crippen LogP contribution in [0.15, 0.2) is 11.5 Å². The Morgan fingerprint density at radius 2 is 2.00 bits per heavy atom. The maximum atomic E-state index is 11.2. The Morgan fingerprint density at radius 1 is 1.38 bits per heavy atom. The zero-order chi connectivity index (χ0) is 10.3. The zero-order valence-corrected chi connectivity index (χ0v) is 8.73. The minimum atomic E-state index is -3.35. The molecule has 4 heteroatoms. The van der Waals surface area contributed by atoms with Gasteiger partial charge in [-0.1, -0.05) is 32.8 Å². The van der Waals surface area contributed by atoms with Gasteiger partial charge in [0, 0.05) is 0 Å². The highest BCUT2D eigenvalue weighted by molar-refractivity contribution is 7.95. The molecule has 0 atom stereocenters. The number of unbranched alkanes of at least 4 members (excludes halogenated alkanes) is 3. The molecule has 0 aromatic rings. The van der Waals surface area contributed by atoms with E-state index in [1.807, 2.05) is 0 Å². The van der Waals surface area contributed by atoms with Gasteiger partial charge in [-0.25, -0.2) is 8.42 Å². The second-order valence-corrected chi connectivity index (χ2v) is 5.05. The predicted octanol–water partition coefficient (Wildman–Crippen LogP) is 2.02. The Balaban J connectivity index is 3.93. The van der Waals surface area contributed by atoms with Crippen LogP contribution < -0.4 is 0 Å². The molecule has 0 spiro atoms. The maximum Gasteiger partial charge on any atom is 0.187 e. The monoisotopic (exact) mass is 201 g/mol. The van der Waals surface area contributed by atoms with Crippen LogP contribution in [-0.4, -0.2) is 14.2 Å². The van der Waals surface area contributed by atoms with Crippen LogP contribution in [0.3, 0.4) is 0 Å². The van der Waals surface area contributed by atoms with E-state index in [4.69, 9.17) is 5.26 Å². The van der Waals surface area contributed by atoms with E-state index < -0.39 is 9.84 Å². The van der Waals surface area contributed by atoms with Crippen molar-refractivity contribution >= 4 is 9.84 Å². The van der Waals surface area contributed by atoms with Crippen molar-refractivity contribution in [3.63, 3.8) is 0 Å². The van der Waals surface area contributed by atoms with Crippen molar-refractivity contribution in [1.29, 1.82) is 5.26 Å². The first-order valence-corrected chi connectivity index (χ1v) is 6.01. The van der Waals surface area contributed by atoms with Crippen LogP contribution in [-0.2, 0) is 9.84 Å². The van der Waals surface area contributed by atoms with Crippen LogP contribution in [0.2, 0.25) is 0 Å². The minimum Gasteiger partial charge on any atom is -0.223 e. The average Bonchev–Trinajstić information content (AvgIpc) is 2.11. The van der Waals surface area contributed by atoms with Crippen molar-refractivity contribution in [2.75, 3.05) is 5.75 Å². The first-order chi connectivity index (χ1) is 6.04. The molecular weight excluding hydrogens is 186 g/mol. The molecule has 0 aliphatic heterocycles. The molecule has 74 valence electrons. The highest BCUT2D eigenvalue weighted by atomic mass is 32.2. The number of hydrogen-bond acceptors (Lipinski definition) is 3. The highest BCUT2D eigenvalue weighted by Gasteiger charge is 2.13. The molecule has 0 saturated heterocycles. The largest absolute Gasteiger partial charge is 0.223 e. The molecule has 0 N–H and O–H groups in total. The van der Waals surface area contributed by atoms with Crippen molar-refractivity contribution < 1.29 is 8.42 Å². The molecular formula is C9H15NO2S. The Hall–Kier alpha value is -0.820. The maximum absolute atomic E-state index is 11.2. The van der Waals surface area contributed by atoms with Crippen LogP contribution in [0.5, 0.6) is 0 Å². The van der Waals surface area contributed by atoms with Crippen molar-refractivity contribution in [2.24, 2.45) is 0 Å². The SMILES string of the molecule is C=C(C#N)S(=O)(=O)CCCCCC. The van der Waals surface area contributed by atoms with E-state index in [-0.39, 0.29) is 10.7 Å². The summed E-state index contributed by atoms with van der Waals surface area (Å²) in [6.45, 7) is 5.25. The zero-order valence-electron chi connectivity index (χ0n) is 7.91. The Bertz CT molecular complexity index is 298. The fourth-order valence-electron chi connectivity index (χ4n) is 0.912. The molecule has 0 heterocycles. The molecule has 0 fully saturated rings. The standard InChI is InChI=1S/C9H15NO2S/c1-3-4-5-6-7-13(11,12)9(2)8-10/h2-7H2,1H3. The van der Waals surface area contributed by atoms with Crippen molar-refractivity contribution in [3.8, 4) is 6.07 Å². The van der Waals surface area contributed by atoms with Crippen molar-refractivity contribution in [2.45, 2.75) is 32.6 Å². The molecule has 13 heavy (non-hydrogen) atoms. The van der Waals surface area contributed by atoms with Crippen LogP contribution in [0.1, 0.15) is 32.6 Å². The second-order valence-electron chi connectivity index (χ2n) is 2.91. The number of rotatable bonds is 6. The third-order valence-electron chi connectivity index (χ3n) is 1.77. The Labute approximate surface area is 80.0 Å². The lowest BCUT2D eigenvalue weighted by molar-refractivity contribution is 0.596. The molecule has 0 aromatic heterocycles. The molecule has 0 aliphatic rings. The highest BCUT2D eigenvalue weighted by Crippen LogP contribution is 2.08. The predicted molar refractivity (Wildman–Crippen MR) is 52.7 cm³/mol. The van der Waals surface area contributed by atoms with Gasteiger partial charge in [0.1, 0.15) is 11.0 Å². The number of allylic oxidation sites excluding steroid dienone is 1. The van der Waals surface area contributed by atoms with Gasteiger partial charge in [-0.05, 0) is 6.42 Å². The van der Waals surface area contributed by atoms with Gasteiger partial charge >= 0.3 is 0 Å². The summed E-state index contributed by atoms with van der Waals surface area (Å²) in [5.41, 5.74) is 0. The molecule has 0 aliphatic carbocycles. The summed E-state index contributed by atoms with van der Waals surface area (Å²) < 4.78 is 22.4. The van der Waals surface area contributed by atoms with E-state index in [1.165, 1.54) is 0 Å². The van der Waals surface area contributed by atoms with Gasteiger partial charge in [-0.3, -0.25) is 0 Å². The molecule has 0 aromatic carbocycles. The van der Waals surface area contributed by atoms with Gasteiger partial charge in [0.2, 0.25) is 0 Å². The summed E-state index contributed by atoms with van der Waals surface area (Å²) in [6, 6.07) is 1.56. The van der Waals surface area contributed by atoms with Crippen LogP contribution >= 0.6 is 0 Å². The summed E-state index contributed by atoms with van der Waals surface area (Å²) in [7, 11) is -3.35. The Morgan fingerprint density at radius 3 is 2.46 bits per heavy atom. The number of nitriles is 1. The molecule has 0 rings (SSSR count). The molecule has 0 amide bonds. The topological polar surface area (TPSA) is 57.9 Å². The number of nitrogens with zero attached hydrogens (tertiary/aromatic N) is 1. The van der Waals surface area contributed by atoms with E-state index in [2.05, 4.69) is 13.5 Å². The summed E-state index contributed by atoms with van der Waals surface area (Å²) in [6.07, 6.45) is 3.62. The normalized spacial score (nSPS) is 10.8. The fraction of sp³-hybridized carbons (Fsp3) is 0.667. The number of sulfone groups is 1. The van der Waals surface area contributed by atoms with Crippen LogP contribution in [0.25, 0.3) is 0 Å². The first kappa shape index (κ1) is 12.2. The summed E-state index contributed by atoms with van der Waals surface area (Å²) in [5.74, 6) is 0.0550. The molecule has 0 unspecified atom stereocenters. The van der Waals surface area contributed by atoms with Crippen LogP contribution in [0.4, 0.5) is 0 Å². The summed E-state index contributed by atoms with van der Waals surface area (Å²) in [4.78, 5) is -0.316. The third-order valence-corrected chi connectivity index (χ3v) is 3.43. The third kappa shape index (κ3) is 4.69. The van der Waals surface area contributed by atoms with Gasteiger partial charge in [0.25, 0.3) is 0 Å². The smallest absolute Gasteiger partial charge is 0.187 e. The second kappa shape index (κ2) is 5.76. The van der Waals surface area contributed by atoms with Gasteiger partial charge < -0.3 is 0 Å². The molecule has 3 nitrogen and oxygen atoms in total. The Kier molecular flexibility index (Phi) is 5.40. The summed E-state index contributed by atoms with van der Waals surface area (Å²) >= 11 is 0. The lowest BCUT2D eigenvalue weighted by atomic mass is 10.2. The summed E-state index contributed by atoms with van der Waals surface area (Å²) in [5, 5.41) is 8.34. The van der Waals surface area contributed by atoms with Gasteiger partial charge in [-0.15, -0.1) is 0 Å². The van der Waals surface area contributed by atoms with Gasteiger partial charge in [-0.2, -0.15) is 5.26 Å². The van der Waals surface area contributed by atoms with Crippen LogP contribution in [0, 0.1) is 11.3 Å². The van der Waals surface area contributed by atoms with E-state index in [0.29, 0.717) is 6.42 Å². The van der Waals surface area contributed by atoms with E-state index in [0.717, 1.165) is 19.3 Å². The van der Waals surface area contributed by atoms with E-state index in [9.17, 15) is 8.42 Å². The van der Waals surface area contributed by atoms with Gasteiger partial charge in [0.05, 0.1) is 5.75 Å². The van der Waals surface area contributed by atoms with Crippen molar-refractivity contribution in [1.82, 2.24) is 0 Å². The first-order valence-electron chi connectivity index (χ1n) is 4.36. The van der Waals surface area contributed by atoms with E-state index in [1.54, 1.807) is 6.07 Å². The van der Waals surface area contributed by atoms with Gasteiger partial charge in [0.15, 0.2) is 9.84 Å². The van der Waals surface area contributed by atoms with Crippen molar-refractivity contribution in [3.05, 3.63) is 11.5 Å².